The molecule has 2 aliphatic heterocycles. The fourth-order valence-corrected chi connectivity index (χ4v) is 6.55. The number of carbonyl (C=O) groups is 1. The normalized spacial score (nSPS) is 19.2. The molecule has 12 heteroatoms. The molecule has 4 aromatic heterocycles. The van der Waals surface area contributed by atoms with E-state index >= 15 is 4.39 Å². The summed E-state index contributed by atoms with van der Waals surface area (Å²) in [7, 11) is 4.79. The van der Waals surface area contributed by atoms with Crippen molar-refractivity contribution in [1.82, 2.24) is 33.8 Å². The third-order valence-electron chi connectivity index (χ3n) is 8.50. The van der Waals surface area contributed by atoms with Crippen LogP contribution in [0.25, 0.3) is 44.5 Å². The van der Waals surface area contributed by atoms with Gasteiger partial charge in [0, 0.05) is 44.5 Å². The third kappa shape index (κ3) is 3.96. The molecule has 1 saturated carbocycles. The first-order chi connectivity index (χ1) is 19.9. The van der Waals surface area contributed by atoms with Crippen molar-refractivity contribution in [1.29, 1.82) is 0 Å². The number of hydrogen-bond acceptors (Lipinski definition) is 6. The summed E-state index contributed by atoms with van der Waals surface area (Å²) in [4.78, 5) is 36.3. The van der Waals surface area contributed by atoms with E-state index < -0.39 is 12.0 Å². The average Bonchev–Trinajstić information content (AvgIpc) is 3.72. The van der Waals surface area contributed by atoms with Crippen molar-refractivity contribution in [3.8, 4) is 22.4 Å². The van der Waals surface area contributed by atoms with Crippen LogP contribution in [0.1, 0.15) is 30.9 Å². The number of halogens is 1. The number of fused-ring (bicyclic) bond motifs is 6. The van der Waals surface area contributed by atoms with Gasteiger partial charge in [-0.25, -0.2) is 14.6 Å². The molecule has 2 atom stereocenters. The highest BCUT2D eigenvalue weighted by Gasteiger charge is 2.36. The summed E-state index contributed by atoms with van der Waals surface area (Å²) >= 11 is 0. The fourth-order valence-electron chi connectivity index (χ4n) is 6.55. The summed E-state index contributed by atoms with van der Waals surface area (Å²) in [6.07, 6.45) is 4.94. The van der Waals surface area contributed by atoms with Gasteiger partial charge in [-0.3, -0.25) is 13.8 Å². The van der Waals surface area contributed by atoms with E-state index in [2.05, 4.69) is 15.1 Å². The minimum atomic E-state index is -0.601. The van der Waals surface area contributed by atoms with Crippen molar-refractivity contribution >= 4 is 28.2 Å². The Kier molecular flexibility index (Phi) is 5.96. The lowest BCUT2D eigenvalue weighted by molar-refractivity contribution is 0.0642. The monoisotopic (exact) mass is 559 g/mol. The van der Waals surface area contributed by atoms with E-state index in [1.165, 1.54) is 11.8 Å². The molecule has 3 aliphatic rings. The largest absolute Gasteiger partial charge is 0.453 e. The number of hydrogen-bond donors (Lipinski definition) is 1. The summed E-state index contributed by atoms with van der Waals surface area (Å²) in [6.45, 7) is 1.12. The molecule has 1 N–H and O–H groups in total. The second-order valence-electron chi connectivity index (χ2n) is 10.8. The summed E-state index contributed by atoms with van der Waals surface area (Å²) in [5.41, 5.74) is 5.21. The maximum Gasteiger partial charge on any atom is 0.409 e. The first kappa shape index (κ1) is 25.5. The lowest BCUT2D eigenvalue weighted by Crippen LogP contribution is -2.41. The molecule has 0 spiro atoms. The number of pyridine rings is 1. The molecule has 1 aliphatic carbocycles. The highest BCUT2D eigenvalue weighted by Crippen LogP contribution is 2.43. The Bertz CT molecular complexity index is 1870. The Balaban J connectivity index is 1.54. The van der Waals surface area contributed by atoms with Gasteiger partial charge in [0.25, 0.3) is 0 Å². The first-order valence-corrected chi connectivity index (χ1v) is 13.7. The van der Waals surface area contributed by atoms with Crippen LogP contribution in [0.4, 0.5) is 9.18 Å². The van der Waals surface area contributed by atoms with Crippen molar-refractivity contribution in [3.63, 3.8) is 0 Å². The molecule has 11 nitrogen and oxygen atoms in total. The topological polar surface area (TPSA) is 112 Å². The summed E-state index contributed by atoms with van der Waals surface area (Å²) in [5, 5.41) is 4.67. The number of methoxy groups -OCH3 is 1. The Hall–Kier alpha value is -4.45. The van der Waals surface area contributed by atoms with E-state index in [0.717, 1.165) is 34.0 Å². The molecule has 1 amide bonds. The molecule has 1 aromatic carbocycles. The Morgan fingerprint density at radius 1 is 1.17 bits per heavy atom. The number of aryl methyl sites for hydroxylation is 2. The van der Waals surface area contributed by atoms with Gasteiger partial charge in [0.15, 0.2) is 0 Å². The van der Waals surface area contributed by atoms with Gasteiger partial charge >= 0.3 is 11.8 Å². The SMILES string of the molecule is COC(=O)N1CCOCc2ccc(cc2)-c2c(-c3cn(C)nc3F)[nH]c3ncc4c(c23)n(c(=O)n4C)[C@@H]2CC[C@@H]1C2. The van der Waals surface area contributed by atoms with Gasteiger partial charge in [-0.2, -0.15) is 4.39 Å². The predicted molar refractivity (Wildman–Crippen MR) is 150 cm³/mol. The van der Waals surface area contributed by atoms with E-state index in [-0.39, 0.29) is 17.8 Å². The van der Waals surface area contributed by atoms with Gasteiger partial charge in [0.2, 0.25) is 5.95 Å². The highest BCUT2D eigenvalue weighted by molar-refractivity contribution is 6.14. The van der Waals surface area contributed by atoms with Gasteiger partial charge in [-0.05, 0) is 30.4 Å². The van der Waals surface area contributed by atoms with Crippen LogP contribution >= 0.6 is 0 Å². The summed E-state index contributed by atoms with van der Waals surface area (Å²) in [5.74, 6) is -0.601. The average molecular weight is 560 g/mol. The van der Waals surface area contributed by atoms with Gasteiger partial charge < -0.3 is 19.4 Å². The van der Waals surface area contributed by atoms with Crippen LogP contribution in [0.3, 0.4) is 0 Å². The van der Waals surface area contributed by atoms with E-state index in [1.54, 1.807) is 36.0 Å². The van der Waals surface area contributed by atoms with Crippen molar-refractivity contribution < 1.29 is 18.7 Å². The molecular weight excluding hydrogens is 529 g/mol. The molecule has 1 fully saturated rings. The van der Waals surface area contributed by atoms with Crippen molar-refractivity contribution in [2.75, 3.05) is 20.3 Å². The molecule has 41 heavy (non-hydrogen) atoms. The van der Waals surface area contributed by atoms with Crippen LogP contribution in [0, 0.1) is 5.95 Å². The number of H-pyrrole nitrogens is 1. The smallest absolute Gasteiger partial charge is 0.409 e. The number of ether oxygens (including phenoxy) is 2. The maximum atomic E-state index is 15.1. The van der Waals surface area contributed by atoms with Gasteiger partial charge in [0.1, 0.15) is 5.65 Å². The van der Waals surface area contributed by atoms with E-state index in [9.17, 15) is 9.59 Å². The standard InChI is InChI=1S/C29H30FN7O4/c1-34-14-20(26(30)33-34)24-22-17-6-4-16(5-7-17)15-41-11-10-36(29(39)40-3)18-8-9-19(12-18)37-25-21(35(2)28(37)38)13-31-27(32-24)23(22)25/h4-7,13-14,18-19H,8-12,15H2,1-3H3,(H,31,32)/t18-,19-/m1/s1. The molecular formula is C29H30FN7O4. The Labute approximate surface area is 234 Å². The number of aromatic nitrogens is 6. The number of amides is 1. The Morgan fingerprint density at radius 2 is 1.95 bits per heavy atom. The Morgan fingerprint density at radius 3 is 2.68 bits per heavy atom. The lowest BCUT2D eigenvalue weighted by Gasteiger charge is -2.28. The molecule has 0 unspecified atom stereocenters. The molecule has 4 bridgehead atoms. The predicted octanol–water partition coefficient (Wildman–Crippen LogP) is 4.12. The van der Waals surface area contributed by atoms with Crippen LogP contribution in [-0.4, -0.2) is 66.2 Å². The second kappa shape index (κ2) is 9.58. The molecule has 212 valence electrons. The first-order valence-electron chi connectivity index (χ1n) is 13.7. The van der Waals surface area contributed by atoms with E-state index in [0.29, 0.717) is 55.0 Å². The fraction of sp³-hybridized carbons (Fsp3) is 0.379. The quantitative estimate of drug-likeness (QED) is 0.331. The third-order valence-corrected chi connectivity index (χ3v) is 8.50. The van der Waals surface area contributed by atoms with Crippen LogP contribution in [-0.2, 0) is 30.2 Å². The molecule has 5 aromatic rings. The molecule has 8 rings (SSSR count). The van der Waals surface area contributed by atoms with E-state index in [1.807, 2.05) is 28.8 Å². The van der Waals surface area contributed by atoms with Crippen LogP contribution in [0.2, 0.25) is 0 Å². The van der Waals surface area contributed by atoms with Gasteiger partial charge in [0.05, 0.1) is 54.2 Å². The van der Waals surface area contributed by atoms with Crippen molar-refractivity contribution in [2.24, 2.45) is 14.1 Å². The zero-order chi connectivity index (χ0) is 28.4. The molecule has 0 radical (unpaired) electrons. The second-order valence-corrected chi connectivity index (χ2v) is 10.8. The van der Waals surface area contributed by atoms with E-state index in [4.69, 9.17) is 9.47 Å². The zero-order valence-corrected chi connectivity index (χ0v) is 23.1. The van der Waals surface area contributed by atoms with Crippen LogP contribution in [0.5, 0.6) is 0 Å². The molecule has 6 heterocycles. The highest BCUT2D eigenvalue weighted by atomic mass is 19.1. The summed E-state index contributed by atoms with van der Waals surface area (Å²) < 4.78 is 31.1. The minimum Gasteiger partial charge on any atom is -0.453 e. The summed E-state index contributed by atoms with van der Waals surface area (Å²) in [6, 6.07) is 7.62. The number of nitrogens with one attached hydrogen (secondary N) is 1. The lowest BCUT2D eigenvalue weighted by atomic mass is 9.98. The number of nitrogens with zero attached hydrogens (tertiary/aromatic N) is 6. The number of rotatable bonds is 1. The van der Waals surface area contributed by atoms with Crippen molar-refractivity contribution in [3.05, 3.63) is 58.7 Å². The maximum absolute atomic E-state index is 15.1. The number of imidazole rings is 1. The number of carbonyl (C=O) groups excluding carboxylic acids is 1. The van der Waals surface area contributed by atoms with Gasteiger partial charge in [-0.15, -0.1) is 5.10 Å². The van der Waals surface area contributed by atoms with Gasteiger partial charge in [-0.1, -0.05) is 24.3 Å². The number of aromatic amines is 1. The van der Waals surface area contributed by atoms with Crippen molar-refractivity contribution in [2.45, 2.75) is 38.0 Å². The molecule has 0 saturated heterocycles. The number of benzene rings is 1. The van der Waals surface area contributed by atoms with Crippen LogP contribution in [0.15, 0.2) is 41.5 Å². The van der Waals surface area contributed by atoms with Crippen LogP contribution < -0.4 is 5.69 Å². The zero-order valence-electron chi connectivity index (χ0n) is 23.1. The minimum absolute atomic E-state index is 0.104.